The van der Waals surface area contributed by atoms with Gasteiger partial charge in [0.1, 0.15) is 5.75 Å². The van der Waals surface area contributed by atoms with Gasteiger partial charge in [-0.2, -0.15) is 0 Å². The van der Waals surface area contributed by atoms with Crippen LogP contribution in [0.2, 0.25) is 5.02 Å². The van der Waals surface area contributed by atoms with Gasteiger partial charge in [-0.25, -0.2) is 0 Å². The van der Waals surface area contributed by atoms with Crippen LogP contribution in [-0.2, 0) is 9.59 Å². The summed E-state index contributed by atoms with van der Waals surface area (Å²) in [5.41, 5.74) is 1.73. The minimum Gasteiger partial charge on any atom is -0.496 e. The molecule has 0 bridgehead atoms. The van der Waals surface area contributed by atoms with Crippen LogP contribution in [0.4, 0.5) is 17.1 Å². The molecule has 2 aromatic rings. The number of anilines is 3. The molecule has 0 saturated heterocycles. The SMILES string of the molecule is COc1cc(NC(C)=O)c(Cl)cc1C(=O)Nc1ccc(NC(C)=O)cc1. The average Bonchev–Trinajstić information content (AvgIpc) is 2.57. The Kier molecular flexibility index (Phi) is 6.19. The van der Waals surface area contributed by atoms with Crippen molar-refractivity contribution in [3.8, 4) is 5.75 Å². The fraction of sp³-hybridized carbons (Fsp3) is 0.167. The predicted molar refractivity (Wildman–Crippen MR) is 101 cm³/mol. The summed E-state index contributed by atoms with van der Waals surface area (Å²) in [4.78, 5) is 34.8. The van der Waals surface area contributed by atoms with E-state index in [1.165, 1.54) is 33.1 Å². The van der Waals surface area contributed by atoms with Crippen LogP contribution in [0.25, 0.3) is 0 Å². The summed E-state index contributed by atoms with van der Waals surface area (Å²) < 4.78 is 5.23. The fourth-order valence-electron chi connectivity index (χ4n) is 2.22. The molecule has 0 aliphatic rings. The first kappa shape index (κ1) is 19.3. The number of halogens is 1. The Morgan fingerprint density at radius 3 is 1.92 bits per heavy atom. The number of nitrogens with one attached hydrogen (secondary N) is 3. The summed E-state index contributed by atoms with van der Waals surface area (Å²) in [5, 5.41) is 8.15. The van der Waals surface area contributed by atoms with Crippen molar-refractivity contribution in [2.24, 2.45) is 0 Å². The highest BCUT2D eigenvalue weighted by Gasteiger charge is 2.17. The molecule has 0 aromatic heterocycles. The lowest BCUT2D eigenvalue weighted by Crippen LogP contribution is -2.14. The highest BCUT2D eigenvalue weighted by atomic mass is 35.5. The predicted octanol–water partition coefficient (Wildman–Crippen LogP) is 3.52. The molecular weight excluding hydrogens is 358 g/mol. The molecule has 0 fully saturated rings. The summed E-state index contributed by atoms with van der Waals surface area (Å²) in [6.45, 7) is 2.77. The Balaban J connectivity index is 2.22. The second-order valence-electron chi connectivity index (χ2n) is 5.43. The first-order chi connectivity index (χ1) is 12.3. The number of methoxy groups -OCH3 is 1. The third-order valence-electron chi connectivity index (χ3n) is 3.31. The molecule has 136 valence electrons. The summed E-state index contributed by atoms with van der Waals surface area (Å²) in [7, 11) is 1.42. The Bertz CT molecular complexity index is 850. The van der Waals surface area contributed by atoms with Gasteiger partial charge in [-0.3, -0.25) is 14.4 Å². The topological polar surface area (TPSA) is 96.5 Å². The van der Waals surface area contributed by atoms with Crippen LogP contribution >= 0.6 is 11.6 Å². The standard InChI is InChI=1S/C18H18ClN3O4/c1-10(23)20-12-4-6-13(7-5-12)22-18(25)14-8-15(19)16(21-11(2)24)9-17(14)26-3/h4-9H,1-3H3,(H,20,23)(H,21,24)(H,22,25). The molecule has 0 saturated carbocycles. The first-order valence-electron chi connectivity index (χ1n) is 7.64. The molecule has 2 rings (SSSR count). The first-order valence-corrected chi connectivity index (χ1v) is 8.02. The molecule has 3 N–H and O–H groups in total. The maximum Gasteiger partial charge on any atom is 0.259 e. The zero-order valence-corrected chi connectivity index (χ0v) is 15.2. The Hall–Kier alpha value is -3.06. The van der Waals surface area contributed by atoms with Crippen molar-refractivity contribution in [3.63, 3.8) is 0 Å². The Morgan fingerprint density at radius 2 is 1.42 bits per heavy atom. The van der Waals surface area contributed by atoms with Gasteiger partial charge in [-0.15, -0.1) is 0 Å². The molecule has 2 aromatic carbocycles. The van der Waals surface area contributed by atoms with Crippen LogP contribution in [0.5, 0.6) is 5.75 Å². The molecule has 3 amide bonds. The van der Waals surface area contributed by atoms with E-state index >= 15 is 0 Å². The minimum atomic E-state index is -0.426. The molecule has 0 aliphatic carbocycles. The van der Waals surface area contributed by atoms with Crippen molar-refractivity contribution in [1.29, 1.82) is 0 Å². The highest BCUT2D eigenvalue weighted by Crippen LogP contribution is 2.31. The number of carbonyl (C=O) groups is 3. The molecule has 8 heteroatoms. The lowest BCUT2D eigenvalue weighted by molar-refractivity contribution is -0.115. The Morgan fingerprint density at radius 1 is 0.885 bits per heavy atom. The van der Waals surface area contributed by atoms with E-state index in [1.807, 2.05) is 0 Å². The van der Waals surface area contributed by atoms with Crippen LogP contribution < -0.4 is 20.7 Å². The number of hydrogen-bond acceptors (Lipinski definition) is 4. The maximum absolute atomic E-state index is 12.5. The van der Waals surface area contributed by atoms with Gasteiger partial charge in [0.15, 0.2) is 0 Å². The van der Waals surface area contributed by atoms with Gasteiger partial charge in [0.05, 0.1) is 23.4 Å². The number of hydrogen-bond donors (Lipinski definition) is 3. The minimum absolute atomic E-state index is 0.180. The average molecular weight is 376 g/mol. The van der Waals surface area contributed by atoms with Crippen LogP contribution in [0.1, 0.15) is 24.2 Å². The fourth-order valence-corrected chi connectivity index (χ4v) is 2.43. The van der Waals surface area contributed by atoms with E-state index in [1.54, 1.807) is 24.3 Å². The quantitative estimate of drug-likeness (QED) is 0.744. The number of ether oxygens (including phenoxy) is 1. The lowest BCUT2D eigenvalue weighted by atomic mass is 10.1. The molecule has 0 spiro atoms. The van der Waals surface area contributed by atoms with E-state index in [2.05, 4.69) is 16.0 Å². The van der Waals surface area contributed by atoms with Gasteiger partial charge in [0.25, 0.3) is 5.91 Å². The van der Waals surface area contributed by atoms with Crippen LogP contribution in [0, 0.1) is 0 Å². The Labute approximate surface area is 155 Å². The molecule has 0 radical (unpaired) electrons. The van der Waals surface area contributed by atoms with Crippen LogP contribution in [0.15, 0.2) is 36.4 Å². The van der Waals surface area contributed by atoms with Crippen LogP contribution in [0.3, 0.4) is 0 Å². The summed E-state index contributed by atoms with van der Waals surface area (Å²) in [6.07, 6.45) is 0. The molecule has 0 atom stereocenters. The number of carbonyl (C=O) groups excluding carboxylic acids is 3. The van der Waals surface area contributed by atoms with E-state index in [9.17, 15) is 14.4 Å². The van der Waals surface area contributed by atoms with Crippen molar-refractivity contribution >= 4 is 46.4 Å². The molecule has 0 unspecified atom stereocenters. The van der Waals surface area contributed by atoms with Gasteiger partial charge < -0.3 is 20.7 Å². The normalized spacial score (nSPS) is 10.0. The second-order valence-corrected chi connectivity index (χ2v) is 5.83. The van der Waals surface area contributed by atoms with E-state index in [0.717, 1.165) is 0 Å². The zero-order valence-electron chi connectivity index (χ0n) is 14.5. The van der Waals surface area contributed by atoms with Gasteiger partial charge in [-0.05, 0) is 30.3 Å². The van der Waals surface area contributed by atoms with E-state index in [0.29, 0.717) is 17.1 Å². The van der Waals surface area contributed by atoms with Gasteiger partial charge >= 0.3 is 0 Å². The molecular formula is C18H18ClN3O4. The van der Waals surface area contributed by atoms with Crippen molar-refractivity contribution in [2.45, 2.75) is 13.8 Å². The smallest absolute Gasteiger partial charge is 0.259 e. The van der Waals surface area contributed by atoms with Gasteiger partial charge in [0, 0.05) is 31.3 Å². The number of rotatable bonds is 5. The second kappa shape index (κ2) is 8.35. The lowest BCUT2D eigenvalue weighted by Gasteiger charge is -2.13. The number of benzene rings is 2. The summed E-state index contributed by atoms with van der Waals surface area (Å²) >= 11 is 6.13. The van der Waals surface area contributed by atoms with Crippen molar-refractivity contribution in [2.75, 3.05) is 23.1 Å². The van der Waals surface area contributed by atoms with Crippen LogP contribution in [-0.4, -0.2) is 24.8 Å². The molecule has 26 heavy (non-hydrogen) atoms. The van der Waals surface area contributed by atoms with Crippen molar-refractivity contribution < 1.29 is 19.1 Å². The maximum atomic E-state index is 12.5. The van der Waals surface area contributed by atoms with Gasteiger partial charge in [0.2, 0.25) is 11.8 Å². The molecule has 0 heterocycles. The summed E-state index contributed by atoms with van der Waals surface area (Å²) in [5.74, 6) is -0.623. The van der Waals surface area contributed by atoms with Gasteiger partial charge in [-0.1, -0.05) is 11.6 Å². The van der Waals surface area contributed by atoms with E-state index < -0.39 is 5.91 Å². The third-order valence-corrected chi connectivity index (χ3v) is 3.62. The zero-order chi connectivity index (χ0) is 19.3. The largest absolute Gasteiger partial charge is 0.496 e. The summed E-state index contributed by atoms with van der Waals surface area (Å²) in [6, 6.07) is 9.55. The third kappa shape index (κ3) is 4.97. The van der Waals surface area contributed by atoms with Crippen molar-refractivity contribution in [3.05, 3.63) is 47.0 Å². The van der Waals surface area contributed by atoms with Crippen molar-refractivity contribution in [1.82, 2.24) is 0 Å². The number of amides is 3. The monoisotopic (exact) mass is 375 g/mol. The van der Waals surface area contributed by atoms with E-state index in [-0.39, 0.29) is 28.1 Å². The highest BCUT2D eigenvalue weighted by molar-refractivity contribution is 6.34. The van der Waals surface area contributed by atoms with E-state index in [4.69, 9.17) is 16.3 Å². The molecule has 0 aliphatic heterocycles. The molecule has 7 nitrogen and oxygen atoms in total.